The number of nitrogens with two attached hydrogens (primary N) is 1. The summed E-state index contributed by atoms with van der Waals surface area (Å²) in [6.45, 7) is 0.498. The molecule has 2 N–H and O–H groups in total. The van der Waals surface area contributed by atoms with Crippen molar-refractivity contribution in [3.63, 3.8) is 0 Å². The van der Waals surface area contributed by atoms with Gasteiger partial charge in [-0.05, 0) is 17.7 Å². The van der Waals surface area contributed by atoms with E-state index in [1.165, 1.54) is 0 Å². The molecule has 0 aliphatic heterocycles. The third-order valence-electron chi connectivity index (χ3n) is 2.68. The van der Waals surface area contributed by atoms with E-state index in [0.29, 0.717) is 42.6 Å². The van der Waals surface area contributed by atoms with Gasteiger partial charge in [-0.3, -0.25) is 0 Å². The van der Waals surface area contributed by atoms with Crippen LogP contribution in [0.3, 0.4) is 0 Å². The normalized spacial score (nSPS) is 10.5. The molecular weight excluding hydrogens is 246 g/mol. The standard InChI is InChI=1S/C13H17N3O3/c1-17-10-4-3-9(7-11(10)18-2)8-12-15-13(5-6-14)19-16-12/h3-4,7H,5-6,8,14H2,1-2H3. The van der Waals surface area contributed by atoms with Crippen molar-refractivity contribution in [2.75, 3.05) is 20.8 Å². The third-order valence-corrected chi connectivity index (χ3v) is 2.68. The molecule has 1 heterocycles. The number of aromatic nitrogens is 2. The van der Waals surface area contributed by atoms with Crippen LogP contribution in [0.2, 0.25) is 0 Å². The Morgan fingerprint density at radius 2 is 2.00 bits per heavy atom. The van der Waals surface area contributed by atoms with Gasteiger partial charge in [-0.15, -0.1) is 0 Å². The Balaban J connectivity index is 2.13. The van der Waals surface area contributed by atoms with Gasteiger partial charge in [-0.25, -0.2) is 0 Å². The minimum absolute atomic E-state index is 0.498. The van der Waals surface area contributed by atoms with E-state index >= 15 is 0 Å². The maximum Gasteiger partial charge on any atom is 0.227 e. The molecule has 19 heavy (non-hydrogen) atoms. The predicted molar refractivity (Wildman–Crippen MR) is 69.4 cm³/mol. The van der Waals surface area contributed by atoms with Crippen LogP contribution in [-0.4, -0.2) is 30.9 Å². The van der Waals surface area contributed by atoms with Gasteiger partial charge in [0.1, 0.15) is 0 Å². The lowest BCUT2D eigenvalue weighted by Gasteiger charge is -2.08. The molecule has 0 atom stereocenters. The van der Waals surface area contributed by atoms with Crippen LogP contribution in [0.1, 0.15) is 17.3 Å². The molecular formula is C13H17N3O3. The van der Waals surface area contributed by atoms with Crippen LogP contribution in [0, 0.1) is 0 Å². The summed E-state index contributed by atoms with van der Waals surface area (Å²) >= 11 is 0. The first-order valence-corrected chi connectivity index (χ1v) is 5.99. The van der Waals surface area contributed by atoms with Crippen molar-refractivity contribution < 1.29 is 14.0 Å². The second-order valence-corrected chi connectivity index (χ2v) is 4.01. The van der Waals surface area contributed by atoms with Gasteiger partial charge in [-0.1, -0.05) is 11.2 Å². The molecule has 0 amide bonds. The van der Waals surface area contributed by atoms with Crippen LogP contribution < -0.4 is 15.2 Å². The Morgan fingerprint density at radius 3 is 2.68 bits per heavy atom. The summed E-state index contributed by atoms with van der Waals surface area (Å²) in [5, 5.41) is 3.91. The summed E-state index contributed by atoms with van der Waals surface area (Å²) in [7, 11) is 3.21. The second-order valence-electron chi connectivity index (χ2n) is 4.01. The average Bonchev–Trinajstić information content (AvgIpc) is 2.86. The maximum atomic E-state index is 5.43. The summed E-state index contributed by atoms with van der Waals surface area (Å²) in [5.41, 5.74) is 6.46. The molecule has 0 saturated carbocycles. The molecule has 0 radical (unpaired) electrons. The summed E-state index contributed by atoms with van der Waals surface area (Å²) < 4.78 is 15.5. The lowest BCUT2D eigenvalue weighted by Crippen LogP contribution is -2.03. The quantitative estimate of drug-likeness (QED) is 0.842. The molecule has 1 aromatic carbocycles. The van der Waals surface area contributed by atoms with E-state index in [1.807, 2.05) is 18.2 Å². The highest BCUT2D eigenvalue weighted by molar-refractivity contribution is 5.43. The Hall–Kier alpha value is -2.08. The van der Waals surface area contributed by atoms with E-state index in [1.54, 1.807) is 14.2 Å². The first-order valence-electron chi connectivity index (χ1n) is 5.99. The van der Waals surface area contributed by atoms with Crippen molar-refractivity contribution in [2.24, 2.45) is 5.73 Å². The lowest BCUT2D eigenvalue weighted by molar-refractivity contribution is 0.354. The van der Waals surface area contributed by atoms with E-state index in [4.69, 9.17) is 19.7 Å². The average molecular weight is 263 g/mol. The predicted octanol–water partition coefficient (Wildman–Crippen LogP) is 1.18. The van der Waals surface area contributed by atoms with Crippen LogP contribution in [0.5, 0.6) is 11.5 Å². The van der Waals surface area contributed by atoms with Gasteiger partial charge in [-0.2, -0.15) is 4.98 Å². The van der Waals surface area contributed by atoms with Crippen molar-refractivity contribution in [1.29, 1.82) is 0 Å². The Kier molecular flexibility index (Phi) is 4.35. The highest BCUT2D eigenvalue weighted by atomic mass is 16.5. The van der Waals surface area contributed by atoms with Crippen molar-refractivity contribution in [2.45, 2.75) is 12.8 Å². The second kappa shape index (κ2) is 6.19. The lowest BCUT2D eigenvalue weighted by atomic mass is 10.1. The SMILES string of the molecule is COc1ccc(Cc2noc(CCN)n2)cc1OC. The minimum atomic E-state index is 0.498. The van der Waals surface area contributed by atoms with Crippen LogP contribution in [0.25, 0.3) is 0 Å². The zero-order valence-electron chi connectivity index (χ0n) is 11.0. The Morgan fingerprint density at radius 1 is 1.21 bits per heavy atom. The van der Waals surface area contributed by atoms with Crippen LogP contribution in [0.15, 0.2) is 22.7 Å². The first-order chi connectivity index (χ1) is 9.26. The van der Waals surface area contributed by atoms with Gasteiger partial charge in [0.05, 0.1) is 14.2 Å². The van der Waals surface area contributed by atoms with Gasteiger partial charge >= 0.3 is 0 Å². The highest BCUT2D eigenvalue weighted by Gasteiger charge is 2.09. The van der Waals surface area contributed by atoms with Gasteiger partial charge in [0, 0.05) is 19.4 Å². The number of benzene rings is 1. The van der Waals surface area contributed by atoms with Crippen molar-refractivity contribution in [3.8, 4) is 11.5 Å². The fourth-order valence-corrected chi connectivity index (χ4v) is 1.76. The molecule has 0 fully saturated rings. The van der Waals surface area contributed by atoms with E-state index in [9.17, 15) is 0 Å². The molecule has 6 nitrogen and oxygen atoms in total. The van der Waals surface area contributed by atoms with E-state index in [2.05, 4.69) is 10.1 Å². The Bertz CT molecular complexity index is 540. The monoisotopic (exact) mass is 263 g/mol. The maximum absolute atomic E-state index is 5.43. The van der Waals surface area contributed by atoms with Crippen molar-refractivity contribution in [1.82, 2.24) is 10.1 Å². The summed E-state index contributed by atoms with van der Waals surface area (Å²) in [5.74, 6) is 2.59. The van der Waals surface area contributed by atoms with Crippen LogP contribution in [0.4, 0.5) is 0 Å². The number of rotatable bonds is 6. The number of hydrogen-bond acceptors (Lipinski definition) is 6. The molecule has 2 rings (SSSR count). The largest absolute Gasteiger partial charge is 0.493 e. The molecule has 1 aromatic heterocycles. The molecule has 102 valence electrons. The van der Waals surface area contributed by atoms with Gasteiger partial charge < -0.3 is 19.7 Å². The molecule has 0 aliphatic rings. The third kappa shape index (κ3) is 3.23. The molecule has 0 saturated heterocycles. The Labute approximate surface area is 111 Å². The van der Waals surface area contributed by atoms with Crippen molar-refractivity contribution >= 4 is 0 Å². The topological polar surface area (TPSA) is 83.4 Å². The highest BCUT2D eigenvalue weighted by Crippen LogP contribution is 2.28. The van der Waals surface area contributed by atoms with Gasteiger partial charge in [0.2, 0.25) is 5.89 Å². The number of methoxy groups -OCH3 is 2. The number of nitrogens with zero attached hydrogens (tertiary/aromatic N) is 2. The molecule has 6 heteroatoms. The minimum Gasteiger partial charge on any atom is -0.493 e. The van der Waals surface area contributed by atoms with Crippen LogP contribution >= 0.6 is 0 Å². The number of hydrogen-bond donors (Lipinski definition) is 1. The fourth-order valence-electron chi connectivity index (χ4n) is 1.76. The molecule has 2 aromatic rings. The summed E-state index contributed by atoms with van der Waals surface area (Å²) in [6.07, 6.45) is 1.17. The van der Waals surface area contributed by atoms with Crippen LogP contribution in [-0.2, 0) is 12.8 Å². The molecule has 0 spiro atoms. The zero-order valence-corrected chi connectivity index (χ0v) is 11.0. The first kappa shape index (κ1) is 13.4. The summed E-state index contributed by atoms with van der Waals surface area (Å²) in [6, 6.07) is 5.70. The summed E-state index contributed by atoms with van der Waals surface area (Å²) in [4.78, 5) is 4.26. The smallest absolute Gasteiger partial charge is 0.227 e. The molecule has 0 aliphatic carbocycles. The zero-order chi connectivity index (χ0) is 13.7. The number of ether oxygens (including phenoxy) is 2. The van der Waals surface area contributed by atoms with E-state index in [-0.39, 0.29) is 0 Å². The van der Waals surface area contributed by atoms with E-state index in [0.717, 1.165) is 5.56 Å². The van der Waals surface area contributed by atoms with Gasteiger partial charge in [0.25, 0.3) is 0 Å². The van der Waals surface area contributed by atoms with Crippen molar-refractivity contribution in [3.05, 3.63) is 35.5 Å². The molecule has 0 unspecified atom stereocenters. The molecule has 0 bridgehead atoms. The fraction of sp³-hybridized carbons (Fsp3) is 0.385. The van der Waals surface area contributed by atoms with E-state index < -0.39 is 0 Å². The van der Waals surface area contributed by atoms with Gasteiger partial charge in [0.15, 0.2) is 17.3 Å².